The highest BCUT2D eigenvalue weighted by atomic mass is 16.3. The molecule has 0 aliphatic heterocycles. The van der Waals surface area contributed by atoms with Crippen molar-refractivity contribution < 1.29 is 5.11 Å². The first-order valence-corrected chi connectivity index (χ1v) is 8.50. The Morgan fingerprint density at radius 3 is 1.73 bits per heavy atom. The maximum Gasteiger partial charge on any atom is 0.160 e. The molecule has 0 aliphatic rings. The molecule has 0 saturated carbocycles. The topological polar surface area (TPSA) is 46.0 Å². The molecule has 0 atom stereocenters. The van der Waals surface area contributed by atoms with Crippen LogP contribution in [0.1, 0.15) is 5.56 Å². The SMILES string of the molecule is Cc1ccc(-c2cc(-c3ccc(O)cc3)nc(-c3ccccc3)n2)cc1. The summed E-state index contributed by atoms with van der Waals surface area (Å²) in [4.78, 5) is 9.54. The van der Waals surface area contributed by atoms with Crippen molar-refractivity contribution in [3.8, 4) is 39.7 Å². The van der Waals surface area contributed by atoms with Gasteiger partial charge in [-0.15, -0.1) is 0 Å². The molecule has 0 fully saturated rings. The number of hydrogen-bond acceptors (Lipinski definition) is 3. The summed E-state index contributed by atoms with van der Waals surface area (Å²) in [6.45, 7) is 2.07. The monoisotopic (exact) mass is 338 g/mol. The Balaban J connectivity index is 1.89. The molecule has 0 radical (unpaired) electrons. The number of hydrogen-bond donors (Lipinski definition) is 1. The second-order valence-electron chi connectivity index (χ2n) is 6.24. The van der Waals surface area contributed by atoms with E-state index in [0.717, 1.165) is 28.1 Å². The molecule has 0 spiro atoms. The molecule has 0 saturated heterocycles. The Labute approximate surface area is 152 Å². The van der Waals surface area contributed by atoms with Crippen molar-refractivity contribution in [2.24, 2.45) is 0 Å². The first kappa shape index (κ1) is 16.0. The molecule has 0 unspecified atom stereocenters. The van der Waals surface area contributed by atoms with Crippen LogP contribution in [0.15, 0.2) is 84.9 Å². The first-order chi connectivity index (χ1) is 12.7. The van der Waals surface area contributed by atoms with E-state index >= 15 is 0 Å². The number of aromatic nitrogens is 2. The van der Waals surface area contributed by atoms with E-state index in [1.165, 1.54) is 5.56 Å². The molecule has 126 valence electrons. The number of phenolic OH excluding ortho intramolecular Hbond substituents is 1. The van der Waals surface area contributed by atoms with E-state index in [2.05, 4.69) is 31.2 Å². The molecule has 0 bridgehead atoms. The number of aromatic hydroxyl groups is 1. The number of nitrogens with zero attached hydrogens (tertiary/aromatic N) is 2. The third-order valence-corrected chi connectivity index (χ3v) is 4.27. The van der Waals surface area contributed by atoms with Crippen LogP contribution in [0.25, 0.3) is 33.9 Å². The van der Waals surface area contributed by atoms with Crippen LogP contribution in [0, 0.1) is 6.92 Å². The van der Waals surface area contributed by atoms with Crippen molar-refractivity contribution in [2.45, 2.75) is 6.92 Å². The predicted molar refractivity (Wildman–Crippen MR) is 105 cm³/mol. The van der Waals surface area contributed by atoms with Crippen LogP contribution in [0.3, 0.4) is 0 Å². The highest BCUT2D eigenvalue weighted by Gasteiger charge is 2.10. The van der Waals surface area contributed by atoms with Crippen LogP contribution in [-0.2, 0) is 0 Å². The third-order valence-electron chi connectivity index (χ3n) is 4.27. The lowest BCUT2D eigenvalue weighted by Gasteiger charge is -2.09. The summed E-state index contributed by atoms with van der Waals surface area (Å²) in [6, 6.07) is 27.4. The van der Waals surface area contributed by atoms with Crippen molar-refractivity contribution >= 4 is 0 Å². The molecule has 3 nitrogen and oxygen atoms in total. The lowest BCUT2D eigenvalue weighted by atomic mass is 10.1. The van der Waals surface area contributed by atoms with Gasteiger partial charge in [0.1, 0.15) is 5.75 Å². The van der Waals surface area contributed by atoms with Gasteiger partial charge < -0.3 is 5.11 Å². The number of phenols is 1. The van der Waals surface area contributed by atoms with Gasteiger partial charge in [0, 0.05) is 16.7 Å². The quantitative estimate of drug-likeness (QED) is 0.537. The highest BCUT2D eigenvalue weighted by Crippen LogP contribution is 2.28. The summed E-state index contributed by atoms with van der Waals surface area (Å²) in [5, 5.41) is 9.56. The van der Waals surface area contributed by atoms with Gasteiger partial charge in [0.2, 0.25) is 0 Å². The largest absolute Gasteiger partial charge is 0.508 e. The average Bonchev–Trinajstić information content (AvgIpc) is 2.69. The zero-order valence-corrected chi connectivity index (χ0v) is 14.4. The van der Waals surface area contributed by atoms with Gasteiger partial charge >= 0.3 is 0 Å². The molecule has 1 aromatic heterocycles. The standard InChI is InChI=1S/C23H18N2O/c1-16-7-9-17(10-8-16)21-15-22(18-11-13-20(26)14-12-18)25-23(24-21)19-5-3-2-4-6-19/h2-15,26H,1H3. The van der Waals surface area contributed by atoms with Gasteiger partial charge in [-0.1, -0.05) is 60.2 Å². The van der Waals surface area contributed by atoms with Crippen LogP contribution in [0.5, 0.6) is 5.75 Å². The van der Waals surface area contributed by atoms with E-state index in [4.69, 9.17) is 9.97 Å². The lowest BCUT2D eigenvalue weighted by Crippen LogP contribution is -1.95. The first-order valence-electron chi connectivity index (χ1n) is 8.50. The fraction of sp³-hybridized carbons (Fsp3) is 0.0435. The summed E-state index contributed by atoms with van der Waals surface area (Å²) in [5.41, 5.74) is 5.88. The number of benzene rings is 3. The average molecular weight is 338 g/mol. The molecule has 0 aliphatic carbocycles. The fourth-order valence-electron chi connectivity index (χ4n) is 2.82. The zero-order chi connectivity index (χ0) is 17.9. The Bertz CT molecular complexity index is 960. The minimum atomic E-state index is 0.241. The molecule has 26 heavy (non-hydrogen) atoms. The maximum atomic E-state index is 9.56. The molecule has 1 heterocycles. The molecule has 3 heteroatoms. The van der Waals surface area contributed by atoms with Crippen LogP contribution in [0.2, 0.25) is 0 Å². The Morgan fingerprint density at radius 1 is 0.615 bits per heavy atom. The number of rotatable bonds is 3. The lowest BCUT2D eigenvalue weighted by molar-refractivity contribution is 0.475. The molecule has 3 aromatic carbocycles. The maximum absolute atomic E-state index is 9.56. The highest BCUT2D eigenvalue weighted by molar-refractivity contribution is 5.72. The van der Waals surface area contributed by atoms with Crippen LogP contribution in [-0.4, -0.2) is 15.1 Å². The van der Waals surface area contributed by atoms with Crippen LogP contribution < -0.4 is 0 Å². The zero-order valence-electron chi connectivity index (χ0n) is 14.4. The summed E-state index contributed by atoms with van der Waals surface area (Å²) in [6.07, 6.45) is 0. The summed E-state index contributed by atoms with van der Waals surface area (Å²) in [7, 11) is 0. The molecular formula is C23H18N2O. The van der Waals surface area contributed by atoms with E-state index in [-0.39, 0.29) is 5.75 Å². The summed E-state index contributed by atoms with van der Waals surface area (Å²) >= 11 is 0. The molecule has 4 aromatic rings. The van der Waals surface area contributed by atoms with Crippen molar-refractivity contribution in [3.05, 3.63) is 90.5 Å². The second-order valence-corrected chi connectivity index (χ2v) is 6.24. The van der Waals surface area contributed by atoms with Gasteiger partial charge in [-0.05, 0) is 37.3 Å². The van der Waals surface area contributed by atoms with Crippen molar-refractivity contribution in [1.82, 2.24) is 9.97 Å². The smallest absolute Gasteiger partial charge is 0.160 e. The van der Waals surface area contributed by atoms with Crippen LogP contribution >= 0.6 is 0 Å². The summed E-state index contributed by atoms with van der Waals surface area (Å²) < 4.78 is 0. The van der Waals surface area contributed by atoms with E-state index in [1.54, 1.807) is 12.1 Å². The normalized spacial score (nSPS) is 10.7. The molecule has 1 N–H and O–H groups in total. The van der Waals surface area contributed by atoms with Crippen LogP contribution in [0.4, 0.5) is 0 Å². The van der Waals surface area contributed by atoms with Gasteiger partial charge in [0.15, 0.2) is 5.82 Å². The van der Waals surface area contributed by atoms with Crippen molar-refractivity contribution in [1.29, 1.82) is 0 Å². The van der Waals surface area contributed by atoms with Gasteiger partial charge in [-0.25, -0.2) is 9.97 Å². The van der Waals surface area contributed by atoms with E-state index in [1.807, 2.05) is 48.5 Å². The Morgan fingerprint density at radius 2 is 1.15 bits per heavy atom. The Hall–Kier alpha value is -3.46. The predicted octanol–water partition coefficient (Wildman–Crippen LogP) is 5.49. The number of aryl methyl sites for hydroxylation is 1. The van der Waals surface area contributed by atoms with Crippen molar-refractivity contribution in [2.75, 3.05) is 0 Å². The van der Waals surface area contributed by atoms with Gasteiger partial charge in [-0.3, -0.25) is 0 Å². The minimum absolute atomic E-state index is 0.241. The van der Waals surface area contributed by atoms with E-state index in [9.17, 15) is 5.11 Å². The van der Waals surface area contributed by atoms with Gasteiger partial charge in [0.05, 0.1) is 11.4 Å². The molecule has 4 rings (SSSR count). The Kier molecular flexibility index (Phi) is 4.20. The molecular weight excluding hydrogens is 320 g/mol. The second kappa shape index (κ2) is 6.81. The van der Waals surface area contributed by atoms with Crippen molar-refractivity contribution in [3.63, 3.8) is 0 Å². The molecule has 0 amide bonds. The van der Waals surface area contributed by atoms with Gasteiger partial charge in [0.25, 0.3) is 0 Å². The third kappa shape index (κ3) is 3.33. The fourth-order valence-corrected chi connectivity index (χ4v) is 2.82. The van der Waals surface area contributed by atoms with E-state index in [0.29, 0.717) is 5.82 Å². The van der Waals surface area contributed by atoms with Gasteiger partial charge in [-0.2, -0.15) is 0 Å². The summed E-state index contributed by atoms with van der Waals surface area (Å²) in [5.74, 6) is 0.927. The van der Waals surface area contributed by atoms with E-state index < -0.39 is 0 Å². The minimum Gasteiger partial charge on any atom is -0.508 e.